The van der Waals surface area contributed by atoms with Crippen LogP contribution >= 0.6 is 0 Å². The van der Waals surface area contributed by atoms with Crippen LogP contribution in [0, 0.1) is 11.8 Å². The van der Waals surface area contributed by atoms with Crippen LogP contribution in [0.5, 0.6) is 0 Å². The highest BCUT2D eigenvalue weighted by molar-refractivity contribution is 5.89. The van der Waals surface area contributed by atoms with Gasteiger partial charge in [-0.1, -0.05) is 0 Å². The molecule has 0 saturated heterocycles. The maximum Gasteiger partial charge on any atom is 0.307 e. The van der Waals surface area contributed by atoms with Crippen LogP contribution in [0.15, 0.2) is 22.8 Å². The highest BCUT2D eigenvalue weighted by Crippen LogP contribution is 2.42. The van der Waals surface area contributed by atoms with E-state index < -0.39 is 11.9 Å². The van der Waals surface area contributed by atoms with E-state index in [1.54, 1.807) is 17.2 Å². The minimum atomic E-state index is -0.859. The Morgan fingerprint density at radius 3 is 2.67 bits per heavy atom. The average molecular weight is 249 g/mol. The second-order valence-corrected chi connectivity index (χ2v) is 5.06. The average Bonchev–Trinajstić information content (AvgIpc) is 3.24. The smallest absolute Gasteiger partial charge is 0.307 e. The summed E-state index contributed by atoms with van der Waals surface area (Å²) >= 11 is 0. The van der Waals surface area contributed by atoms with Crippen LogP contribution in [0.2, 0.25) is 0 Å². The van der Waals surface area contributed by atoms with Crippen molar-refractivity contribution in [3.63, 3.8) is 0 Å². The minimum Gasteiger partial charge on any atom is -0.481 e. The quantitative estimate of drug-likeness (QED) is 0.858. The van der Waals surface area contributed by atoms with Crippen LogP contribution in [-0.2, 0) is 16.1 Å². The second-order valence-electron chi connectivity index (χ2n) is 5.06. The van der Waals surface area contributed by atoms with Gasteiger partial charge in [-0.2, -0.15) is 0 Å². The molecule has 5 heteroatoms. The Labute approximate surface area is 104 Å². The number of hydrogen-bond donors (Lipinski definition) is 1. The highest BCUT2D eigenvalue weighted by atomic mass is 16.4. The van der Waals surface area contributed by atoms with E-state index in [9.17, 15) is 9.59 Å². The molecular weight excluding hydrogens is 234 g/mol. The SMILES string of the molecule is O=C(O)C1CC1C(=O)N(Cc1ccco1)C1CC1. The molecule has 1 aromatic rings. The van der Waals surface area contributed by atoms with Gasteiger partial charge in [0.1, 0.15) is 5.76 Å². The van der Waals surface area contributed by atoms with Crippen molar-refractivity contribution in [3.8, 4) is 0 Å². The lowest BCUT2D eigenvalue weighted by atomic mass is 10.2. The molecule has 0 aliphatic heterocycles. The van der Waals surface area contributed by atoms with Gasteiger partial charge in [0, 0.05) is 6.04 Å². The molecule has 2 aliphatic rings. The predicted octanol–water partition coefficient (Wildman–Crippen LogP) is 1.49. The van der Waals surface area contributed by atoms with Crippen LogP contribution in [0.4, 0.5) is 0 Å². The van der Waals surface area contributed by atoms with Gasteiger partial charge in [-0.3, -0.25) is 9.59 Å². The standard InChI is InChI=1S/C13H15NO4/c15-12(10-6-11(10)13(16)17)14(8-3-4-8)7-9-2-1-5-18-9/h1-2,5,8,10-11H,3-4,6-7H2,(H,16,17). The lowest BCUT2D eigenvalue weighted by Crippen LogP contribution is -2.34. The lowest BCUT2D eigenvalue weighted by Gasteiger charge is -2.21. The maximum absolute atomic E-state index is 12.2. The van der Waals surface area contributed by atoms with Crippen molar-refractivity contribution in [2.75, 3.05) is 0 Å². The molecule has 0 aromatic carbocycles. The lowest BCUT2D eigenvalue weighted by molar-refractivity contribution is -0.142. The highest BCUT2D eigenvalue weighted by Gasteiger charge is 2.51. The summed E-state index contributed by atoms with van der Waals surface area (Å²) in [5.41, 5.74) is 0. The Bertz CT molecular complexity index is 463. The molecule has 2 atom stereocenters. The molecule has 0 bridgehead atoms. The number of hydrogen-bond acceptors (Lipinski definition) is 3. The molecule has 3 rings (SSSR count). The van der Waals surface area contributed by atoms with Gasteiger partial charge in [-0.05, 0) is 31.4 Å². The number of rotatable bonds is 5. The Balaban J connectivity index is 1.67. The zero-order chi connectivity index (χ0) is 12.7. The van der Waals surface area contributed by atoms with Crippen LogP contribution in [0.1, 0.15) is 25.0 Å². The van der Waals surface area contributed by atoms with Gasteiger partial charge < -0.3 is 14.4 Å². The summed E-state index contributed by atoms with van der Waals surface area (Å²) in [6.45, 7) is 0.458. The number of carboxylic acid groups (broad SMARTS) is 1. The third kappa shape index (κ3) is 2.12. The monoisotopic (exact) mass is 249 g/mol. The van der Waals surface area contributed by atoms with Crippen molar-refractivity contribution in [1.29, 1.82) is 0 Å². The van der Waals surface area contributed by atoms with Gasteiger partial charge in [0.15, 0.2) is 0 Å². The zero-order valence-electron chi connectivity index (χ0n) is 9.91. The summed E-state index contributed by atoms with van der Waals surface area (Å²) < 4.78 is 5.26. The summed E-state index contributed by atoms with van der Waals surface area (Å²) in [7, 11) is 0. The molecule has 1 aromatic heterocycles. The summed E-state index contributed by atoms with van der Waals surface area (Å²) in [5, 5.41) is 8.88. The molecule has 5 nitrogen and oxygen atoms in total. The first kappa shape index (κ1) is 11.3. The molecular formula is C13H15NO4. The molecule has 1 N–H and O–H groups in total. The van der Waals surface area contributed by atoms with E-state index in [4.69, 9.17) is 9.52 Å². The van der Waals surface area contributed by atoms with Crippen molar-refractivity contribution in [2.45, 2.75) is 31.8 Å². The maximum atomic E-state index is 12.2. The number of amides is 1. The van der Waals surface area contributed by atoms with Crippen molar-refractivity contribution in [3.05, 3.63) is 24.2 Å². The molecule has 1 amide bonds. The topological polar surface area (TPSA) is 70.8 Å². The molecule has 1 heterocycles. The second kappa shape index (κ2) is 4.15. The first-order valence-electron chi connectivity index (χ1n) is 6.22. The Morgan fingerprint density at radius 2 is 2.17 bits per heavy atom. The number of carboxylic acids is 1. The minimum absolute atomic E-state index is 0.0266. The molecule has 96 valence electrons. The van der Waals surface area contributed by atoms with Gasteiger partial charge in [0.05, 0.1) is 24.6 Å². The first-order chi connectivity index (χ1) is 8.66. The van der Waals surface area contributed by atoms with Gasteiger partial charge >= 0.3 is 5.97 Å². The van der Waals surface area contributed by atoms with Crippen molar-refractivity contribution >= 4 is 11.9 Å². The van der Waals surface area contributed by atoms with E-state index in [-0.39, 0.29) is 17.9 Å². The molecule has 2 fully saturated rings. The Hall–Kier alpha value is -1.78. The summed E-state index contributed by atoms with van der Waals surface area (Å²) in [6.07, 6.45) is 4.09. The predicted molar refractivity (Wildman–Crippen MR) is 61.5 cm³/mol. The third-order valence-corrected chi connectivity index (χ3v) is 3.60. The van der Waals surface area contributed by atoms with Gasteiger partial charge in [-0.15, -0.1) is 0 Å². The van der Waals surface area contributed by atoms with Crippen molar-refractivity contribution in [2.24, 2.45) is 11.8 Å². The fourth-order valence-corrected chi connectivity index (χ4v) is 2.30. The third-order valence-electron chi connectivity index (χ3n) is 3.60. The molecule has 2 unspecified atom stereocenters. The largest absolute Gasteiger partial charge is 0.481 e. The van der Waals surface area contributed by atoms with Crippen LogP contribution in [-0.4, -0.2) is 27.9 Å². The summed E-state index contributed by atoms with van der Waals surface area (Å²) in [4.78, 5) is 24.8. The fraction of sp³-hybridized carbons (Fsp3) is 0.538. The summed E-state index contributed by atoms with van der Waals surface area (Å²) in [5.74, 6) is -0.931. The van der Waals surface area contributed by atoms with Crippen molar-refractivity contribution in [1.82, 2.24) is 4.90 Å². The van der Waals surface area contributed by atoms with E-state index in [1.165, 1.54) is 0 Å². The van der Waals surface area contributed by atoms with E-state index in [1.807, 2.05) is 6.07 Å². The van der Waals surface area contributed by atoms with Crippen LogP contribution in [0.25, 0.3) is 0 Å². The molecule has 2 aliphatic carbocycles. The number of aliphatic carboxylic acids is 1. The normalized spacial score (nSPS) is 25.8. The van der Waals surface area contributed by atoms with Crippen LogP contribution < -0.4 is 0 Å². The molecule has 18 heavy (non-hydrogen) atoms. The summed E-state index contributed by atoms with van der Waals surface area (Å²) in [6, 6.07) is 3.91. The first-order valence-corrected chi connectivity index (χ1v) is 6.22. The number of furan rings is 1. The van der Waals surface area contributed by atoms with Crippen molar-refractivity contribution < 1.29 is 19.1 Å². The zero-order valence-corrected chi connectivity index (χ0v) is 9.91. The Kier molecular flexibility index (Phi) is 2.61. The van der Waals surface area contributed by atoms with Gasteiger partial charge in [-0.25, -0.2) is 0 Å². The van der Waals surface area contributed by atoms with Gasteiger partial charge in [0.2, 0.25) is 5.91 Å². The van der Waals surface area contributed by atoms with E-state index in [0.29, 0.717) is 13.0 Å². The molecule has 2 saturated carbocycles. The van der Waals surface area contributed by atoms with Crippen LogP contribution in [0.3, 0.4) is 0 Å². The fourth-order valence-electron chi connectivity index (χ4n) is 2.30. The number of nitrogens with zero attached hydrogens (tertiary/aromatic N) is 1. The number of carbonyl (C=O) groups excluding carboxylic acids is 1. The Morgan fingerprint density at radius 1 is 1.39 bits per heavy atom. The van der Waals surface area contributed by atoms with E-state index >= 15 is 0 Å². The van der Waals surface area contributed by atoms with E-state index in [0.717, 1.165) is 18.6 Å². The molecule has 0 spiro atoms. The molecule has 0 radical (unpaired) electrons. The van der Waals surface area contributed by atoms with Gasteiger partial charge in [0.25, 0.3) is 0 Å². The number of carbonyl (C=O) groups is 2. The van der Waals surface area contributed by atoms with E-state index in [2.05, 4.69) is 0 Å².